The average molecular weight is 268 g/mol. The molecule has 2 unspecified atom stereocenters. The number of aliphatic hydroxyl groups is 1. The molecular weight excluding hydrogens is 248 g/mol. The topological polar surface area (TPSA) is 54.4 Å². The van der Waals surface area contributed by atoms with Crippen molar-refractivity contribution in [2.24, 2.45) is 0 Å². The number of sulfone groups is 1. The van der Waals surface area contributed by atoms with Crippen LogP contribution in [0.4, 0.5) is 0 Å². The molecule has 18 heavy (non-hydrogen) atoms. The van der Waals surface area contributed by atoms with Gasteiger partial charge in [0.25, 0.3) is 0 Å². The highest BCUT2D eigenvalue weighted by Gasteiger charge is 2.27. The lowest BCUT2D eigenvalue weighted by Gasteiger charge is -2.19. The minimum atomic E-state index is -3.37. The first-order chi connectivity index (χ1) is 8.33. The van der Waals surface area contributed by atoms with E-state index in [9.17, 15) is 13.5 Å². The van der Waals surface area contributed by atoms with Crippen molar-refractivity contribution in [1.82, 2.24) is 0 Å². The van der Waals surface area contributed by atoms with Crippen molar-refractivity contribution in [3.05, 3.63) is 48.0 Å². The van der Waals surface area contributed by atoms with E-state index >= 15 is 0 Å². The van der Waals surface area contributed by atoms with E-state index in [1.165, 1.54) is 6.92 Å². The zero-order valence-electron chi connectivity index (χ0n) is 10.8. The van der Waals surface area contributed by atoms with Crippen LogP contribution in [0.25, 0.3) is 0 Å². The van der Waals surface area contributed by atoms with Crippen LogP contribution in [0.3, 0.4) is 0 Å². The summed E-state index contributed by atoms with van der Waals surface area (Å²) in [6.45, 7) is 6.96. The van der Waals surface area contributed by atoms with E-state index in [0.29, 0.717) is 12.0 Å². The van der Waals surface area contributed by atoms with Crippen molar-refractivity contribution in [3.8, 4) is 0 Å². The van der Waals surface area contributed by atoms with Gasteiger partial charge in [-0.2, -0.15) is 0 Å². The van der Waals surface area contributed by atoms with E-state index in [0.717, 1.165) is 5.56 Å². The Bertz CT molecular complexity index is 489. The van der Waals surface area contributed by atoms with Gasteiger partial charge in [-0.25, -0.2) is 8.42 Å². The zero-order valence-corrected chi connectivity index (χ0v) is 11.7. The van der Waals surface area contributed by atoms with Crippen LogP contribution >= 0.6 is 0 Å². The lowest BCUT2D eigenvalue weighted by atomic mass is 10.1. The normalized spacial score (nSPS) is 15.1. The second-order valence-electron chi connectivity index (χ2n) is 4.70. The van der Waals surface area contributed by atoms with Gasteiger partial charge in [0.1, 0.15) is 0 Å². The molecule has 1 aromatic carbocycles. The summed E-state index contributed by atoms with van der Waals surface area (Å²) in [5.74, 6) is -0.225. The van der Waals surface area contributed by atoms with Gasteiger partial charge in [-0.1, -0.05) is 42.5 Å². The molecule has 0 aromatic heterocycles. The SMILES string of the molecule is C=C(C)C(Cc1ccccc1)S(=O)(=O)CC(C)O. The maximum absolute atomic E-state index is 12.2. The predicted octanol–water partition coefficient (Wildman–Crippen LogP) is 1.97. The summed E-state index contributed by atoms with van der Waals surface area (Å²) in [4.78, 5) is 0. The summed E-state index contributed by atoms with van der Waals surface area (Å²) in [6, 6.07) is 9.45. The van der Waals surface area contributed by atoms with Gasteiger partial charge in [-0.15, -0.1) is 0 Å². The van der Waals surface area contributed by atoms with Crippen molar-refractivity contribution >= 4 is 9.84 Å². The first-order valence-corrected chi connectivity index (χ1v) is 7.63. The van der Waals surface area contributed by atoms with Crippen LogP contribution in [-0.4, -0.2) is 30.6 Å². The van der Waals surface area contributed by atoms with E-state index < -0.39 is 21.2 Å². The fourth-order valence-corrected chi connectivity index (χ4v) is 3.85. The Hall–Kier alpha value is -1.13. The third-order valence-electron chi connectivity index (χ3n) is 2.72. The summed E-state index contributed by atoms with van der Waals surface area (Å²) in [7, 11) is -3.37. The van der Waals surface area contributed by atoms with Crippen LogP contribution < -0.4 is 0 Å². The molecule has 0 saturated carbocycles. The predicted molar refractivity (Wildman–Crippen MR) is 74.2 cm³/mol. The smallest absolute Gasteiger partial charge is 0.159 e. The molecule has 3 nitrogen and oxygen atoms in total. The Balaban J connectivity index is 2.94. The van der Waals surface area contributed by atoms with E-state index in [1.807, 2.05) is 30.3 Å². The minimum absolute atomic E-state index is 0.225. The number of hydrogen-bond acceptors (Lipinski definition) is 3. The fraction of sp³-hybridized carbons (Fsp3) is 0.429. The van der Waals surface area contributed by atoms with Crippen molar-refractivity contribution in [3.63, 3.8) is 0 Å². The summed E-state index contributed by atoms with van der Waals surface area (Å²) in [5, 5.41) is 8.65. The molecule has 0 saturated heterocycles. The second-order valence-corrected chi connectivity index (χ2v) is 6.93. The highest BCUT2D eigenvalue weighted by Crippen LogP contribution is 2.18. The molecule has 1 aromatic rings. The molecule has 0 bridgehead atoms. The van der Waals surface area contributed by atoms with Gasteiger partial charge in [0.15, 0.2) is 9.84 Å². The molecule has 0 aliphatic rings. The van der Waals surface area contributed by atoms with E-state index in [4.69, 9.17) is 0 Å². The van der Waals surface area contributed by atoms with Crippen molar-refractivity contribution in [2.45, 2.75) is 31.6 Å². The van der Waals surface area contributed by atoms with Gasteiger partial charge < -0.3 is 5.11 Å². The number of aliphatic hydroxyl groups excluding tert-OH is 1. The maximum Gasteiger partial charge on any atom is 0.159 e. The molecular formula is C14H20O3S. The molecule has 0 aliphatic heterocycles. The van der Waals surface area contributed by atoms with Gasteiger partial charge in [0.2, 0.25) is 0 Å². The largest absolute Gasteiger partial charge is 0.392 e. The molecule has 1 N–H and O–H groups in total. The Labute approximate surface area is 109 Å². The minimum Gasteiger partial charge on any atom is -0.392 e. The Morgan fingerprint density at radius 1 is 1.33 bits per heavy atom. The van der Waals surface area contributed by atoms with E-state index in [-0.39, 0.29) is 5.75 Å². The molecule has 0 fully saturated rings. The molecule has 4 heteroatoms. The summed E-state index contributed by atoms with van der Waals surface area (Å²) in [6.07, 6.45) is -0.446. The molecule has 100 valence electrons. The lowest BCUT2D eigenvalue weighted by Crippen LogP contribution is -2.31. The number of benzene rings is 1. The van der Waals surface area contributed by atoms with E-state index in [1.54, 1.807) is 6.92 Å². The van der Waals surface area contributed by atoms with Gasteiger partial charge in [0, 0.05) is 0 Å². The monoisotopic (exact) mass is 268 g/mol. The molecule has 1 rings (SSSR count). The van der Waals surface area contributed by atoms with Crippen molar-refractivity contribution in [1.29, 1.82) is 0 Å². The van der Waals surface area contributed by atoms with Crippen LogP contribution in [0.5, 0.6) is 0 Å². The molecule has 0 spiro atoms. The third kappa shape index (κ3) is 4.27. The van der Waals surface area contributed by atoms with Crippen LogP contribution in [0.2, 0.25) is 0 Å². The Morgan fingerprint density at radius 2 is 1.89 bits per heavy atom. The summed E-state index contributed by atoms with van der Waals surface area (Å²) >= 11 is 0. The maximum atomic E-state index is 12.2. The summed E-state index contributed by atoms with van der Waals surface area (Å²) in [5.41, 5.74) is 1.57. The van der Waals surface area contributed by atoms with Crippen LogP contribution in [-0.2, 0) is 16.3 Å². The third-order valence-corrected chi connectivity index (χ3v) is 5.10. The van der Waals surface area contributed by atoms with Gasteiger partial charge in [-0.05, 0) is 25.8 Å². The molecule has 0 heterocycles. The molecule has 0 aliphatic carbocycles. The number of hydrogen-bond donors (Lipinski definition) is 1. The van der Waals surface area contributed by atoms with Gasteiger partial charge in [0.05, 0.1) is 17.1 Å². The van der Waals surface area contributed by atoms with Crippen molar-refractivity contribution < 1.29 is 13.5 Å². The zero-order chi connectivity index (χ0) is 13.8. The van der Waals surface area contributed by atoms with Crippen molar-refractivity contribution in [2.75, 3.05) is 5.75 Å². The molecule has 0 radical (unpaired) electrons. The van der Waals surface area contributed by atoms with Gasteiger partial charge in [-0.3, -0.25) is 0 Å². The first kappa shape index (κ1) is 14.9. The fourth-order valence-electron chi connectivity index (χ4n) is 1.89. The highest BCUT2D eigenvalue weighted by molar-refractivity contribution is 7.92. The van der Waals surface area contributed by atoms with Gasteiger partial charge >= 0.3 is 0 Å². The summed E-state index contributed by atoms with van der Waals surface area (Å²) < 4.78 is 24.3. The Kier molecular flexibility index (Phi) is 5.11. The quantitative estimate of drug-likeness (QED) is 0.803. The highest BCUT2D eigenvalue weighted by atomic mass is 32.2. The standard InChI is InChI=1S/C14H20O3S/c1-11(2)14(18(16,17)10-12(3)15)9-13-7-5-4-6-8-13/h4-8,12,14-15H,1,9-10H2,2-3H3. The van der Waals surface area contributed by atoms with Crippen LogP contribution in [0, 0.1) is 0 Å². The Morgan fingerprint density at radius 3 is 2.33 bits per heavy atom. The average Bonchev–Trinajstić information content (AvgIpc) is 2.25. The van der Waals surface area contributed by atoms with E-state index in [2.05, 4.69) is 6.58 Å². The van der Waals surface area contributed by atoms with Crippen LogP contribution in [0.15, 0.2) is 42.5 Å². The second kappa shape index (κ2) is 6.16. The number of rotatable bonds is 6. The first-order valence-electron chi connectivity index (χ1n) is 5.92. The van der Waals surface area contributed by atoms with Crippen LogP contribution in [0.1, 0.15) is 19.4 Å². The molecule has 0 amide bonds. The molecule has 2 atom stereocenters. The lowest BCUT2D eigenvalue weighted by molar-refractivity contribution is 0.218.